The number of aromatic amines is 1. The van der Waals surface area contributed by atoms with Crippen LogP contribution in [0.4, 0.5) is 0 Å². The molecular weight excluding hydrogens is 270 g/mol. The number of nitrogens with one attached hydrogen (secondary N) is 2. The van der Waals surface area contributed by atoms with Gasteiger partial charge in [-0.2, -0.15) is 0 Å². The molecule has 0 bridgehead atoms. The lowest BCUT2D eigenvalue weighted by molar-refractivity contribution is 1.07. The minimum Gasteiger partial charge on any atom is -0.384 e. The molecule has 0 atom stereocenters. The van der Waals surface area contributed by atoms with Crippen molar-refractivity contribution in [1.29, 1.82) is 5.41 Å². The van der Waals surface area contributed by atoms with E-state index >= 15 is 0 Å². The zero-order valence-electron chi connectivity index (χ0n) is 10.8. The summed E-state index contributed by atoms with van der Waals surface area (Å²) in [5.41, 5.74) is 9.35. The van der Waals surface area contributed by atoms with Gasteiger partial charge in [-0.1, -0.05) is 6.07 Å². The zero-order chi connectivity index (χ0) is 14.1. The third-order valence-corrected chi connectivity index (χ3v) is 3.83. The van der Waals surface area contributed by atoms with E-state index in [2.05, 4.69) is 21.0 Å². The average molecular weight is 283 g/mol. The van der Waals surface area contributed by atoms with Gasteiger partial charge in [-0.25, -0.2) is 4.98 Å². The predicted molar refractivity (Wildman–Crippen MR) is 80.2 cm³/mol. The summed E-state index contributed by atoms with van der Waals surface area (Å²) in [4.78, 5) is 12.7. The van der Waals surface area contributed by atoms with Crippen LogP contribution in [0.3, 0.4) is 0 Å². The number of rotatable bonds is 3. The second-order valence-corrected chi connectivity index (χ2v) is 5.48. The number of nitrogen functional groups attached to an aromatic ring is 1. The summed E-state index contributed by atoms with van der Waals surface area (Å²) >= 11 is 1.42. The SMILES string of the molecule is Cc1ccc2nc(Sc3cnccc3C(=N)N)[nH]c2c1. The highest BCUT2D eigenvalue weighted by Gasteiger charge is 2.10. The minimum atomic E-state index is 0.0295. The summed E-state index contributed by atoms with van der Waals surface area (Å²) in [5.74, 6) is 0.0295. The Labute approximate surface area is 120 Å². The highest BCUT2D eigenvalue weighted by Crippen LogP contribution is 2.29. The Morgan fingerprint density at radius 3 is 3.00 bits per heavy atom. The summed E-state index contributed by atoms with van der Waals surface area (Å²) < 4.78 is 0. The molecule has 5 nitrogen and oxygen atoms in total. The molecule has 0 radical (unpaired) electrons. The van der Waals surface area contributed by atoms with Crippen LogP contribution in [0.2, 0.25) is 0 Å². The van der Waals surface area contributed by atoms with E-state index in [4.69, 9.17) is 11.1 Å². The molecule has 100 valence electrons. The average Bonchev–Trinajstić information content (AvgIpc) is 2.80. The molecule has 20 heavy (non-hydrogen) atoms. The normalized spacial score (nSPS) is 10.8. The number of benzene rings is 1. The van der Waals surface area contributed by atoms with E-state index in [1.54, 1.807) is 18.5 Å². The molecule has 6 heteroatoms. The molecule has 0 saturated carbocycles. The van der Waals surface area contributed by atoms with Crippen LogP contribution in [0.5, 0.6) is 0 Å². The van der Waals surface area contributed by atoms with Crippen molar-refractivity contribution in [3.8, 4) is 0 Å². The van der Waals surface area contributed by atoms with Crippen molar-refractivity contribution in [3.63, 3.8) is 0 Å². The highest BCUT2D eigenvalue weighted by atomic mass is 32.2. The first-order chi connectivity index (χ1) is 9.63. The fourth-order valence-corrected chi connectivity index (χ4v) is 2.85. The third-order valence-electron chi connectivity index (χ3n) is 2.90. The van der Waals surface area contributed by atoms with Crippen molar-refractivity contribution in [2.24, 2.45) is 5.73 Å². The molecule has 0 spiro atoms. The molecule has 4 N–H and O–H groups in total. The Morgan fingerprint density at radius 2 is 2.20 bits per heavy atom. The number of amidine groups is 1. The Morgan fingerprint density at radius 1 is 1.35 bits per heavy atom. The van der Waals surface area contributed by atoms with Gasteiger partial charge in [-0.3, -0.25) is 10.4 Å². The van der Waals surface area contributed by atoms with E-state index < -0.39 is 0 Å². The number of nitrogens with zero attached hydrogens (tertiary/aromatic N) is 2. The fraction of sp³-hybridized carbons (Fsp3) is 0.0714. The van der Waals surface area contributed by atoms with Crippen molar-refractivity contribution in [3.05, 3.63) is 47.8 Å². The van der Waals surface area contributed by atoms with E-state index in [0.717, 1.165) is 21.1 Å². The van der Waals surface area contributed by atoms with Gasteiger partial charge in [0.2, 0.25) is 0 Å². The predicted octanol–water partition coefficient (Wildman–Crippen LogP) is 2.70. The topological polar surface area (TPSA) is 91.4 Å². The monoisotopic (exact) mass is 283 g/mol. The van der Waals surface area contributed by atoms with Crippen LogP contribution in [0, 0.1) is 12.3 Å². The Balaban J connectivity index is 1.99. The van der Waals surface area contributed by atoms with Gasteiger partial charge < -0.3 is 10.7 Å². The lowest BCUT2D eigenvalue weighted by atomic mass is 10.2. The summed E-state index contributed by atoms with van der Waals surface area (Å²) in [5, 5.41) is 8.35. The van der Waals surface area contributed by atoms with Crippen LogP contribution < -0.4 is 5.73 Å². The third kappa shape index (κ3) is 2.37. The van der Waals surface area contributed by atoms with Crippen molar-refractivity contribution in [2.75, 3.05) is 0 Å². The van der Waals surface area contributed by atoms with E-state index in [1.165, 1.54) is 17.3 Å². The quantitative estimate of drug-likeness (QED) is 0.509. The number of aryl methyl sites for hydroxylation is 1. The van der Waals surface area contributed by atoms with Gasteiger partial charge in [0.05, 0.1) is 11.0 Å². The molecular formula is C14H13N5S. The van der Waals surface area contributed by atoms with E-state index in [9.17, 15) is 0 Å². The number of H-pyrrole nitrogens is 1. The number of hydrogen-bond donors (Lipinski definition) is 3. The number of aromatic nitrogens is 3. The van der Waals surface area contributed by atoms with Crippen molar-refractivity contribution < 1.29 is 0 Å². The first-order valence-electron chi connectivity index (χ1n) is 6.06. The Hall–Kier alpha value is -2.34. The molecule has 1 aromatic carbocycles. The second-order valence-electron chi connectivity index (χ2n) is 4.45. The molecule has 0 unspecified atom stereocenters. The molecule has 3 rings (SSSR count). The summed E-state index contributed by atoms with van der Waals surface area (Å²) in [6.45, 7) is 2.04. The summed E-state index contributed by atoms with van der Waals surface area (Å²) in [6.07, 6.45) is 3.32. The summed E-state index contributed by atoms with van der Waals surface area (Å²) in [6, 6.07) is 7.81. The van der Waals surface area contributed by atoms with E-state index in [-0.39, 0.29) is 5.84 Å². The lowest BCUT2D eigenvalue weighted by Crippen LogP contribution is -2.12. The van der Waals surface area contributed by atoms with Gasteiger partial charge in [0, 0.05) is 22.9 Å². The maximum Gasteiger partial charge on any atom is 0.171 e. The van der Waals surface area contributed by atoms with Crippen LogP contribution in [-0.4, -0.2) is 20.8 Å². The van der Waals surface area contributed by atoms with Crippen LogP contribution in [-0.2, 0) is 0 Å². The van der Waals surface area contributed by atoms with E-state index in [0.29, 0.717) is 5.56 Å². The van der Waals surface area contributed by atoms with E-state index in [1.807, 2.05) is 19.1 Å². The molecule has 2 aromatic heterocycles. The fourth-order valence-electron chi connectivity index (χ4n) is 1.94. The Bertz CT molecular complexity index is 793. The van der Waals surface area contributed by atoms with Gasteiger partial charge in [-0.05, 0) is 42.4 Å². The molecule has 0 amide bonds. The maximum absolute atomic E-state index is 7.58. The molecule has 3 aromatic rings. The molecule has 0 aliphatic heterocycles. The van der Waals surface area contributed by atoms with Gasteiger partial charge in [-0.15, -0.1) is 0 Å². The second kappa shape index (κ2) is 4.97. The number of imidazole rings is 1. The van der Waals surface area contributed by atoms with Crippen LogP contribution in [0.15, 0.2) is 46.7 Å². The van der Waals surface area contributed by atoms with Crippen molar-refractivity contribution in [1.82, 2.24) is 15.0 Å². The van der Waals surface area contributed by atoms with Gasteiger partial charge in [0.15, 0.2) is 5.16 Å². The van der Waals surface area contributed by atoms with Gasteiger partial charge in [0.25, 0.3) is 0 Å². The van der Waals surface area contributed by atoms with Gasteiger partial charge in [0.1, 0.15) is 5.84 Å². The lowest BCUT2D eigenvalue weighted by Gasteiger charge is -2.04. The smallest absolute Gasteiger partial charge is 0.171 e. The summed E-state index contributed by atoms with van der Waals surface area (Å²) in [7, 11) is 0. The number of pyridine rings is 1. The molecule has 0 aliphatic rings. The number of fused-ring (bicyclic) bond motifs is 1. The van der Waals surface area contributed by atoms with Crippen molar-refractivity contribution >= 4 is 28.6 Å². The highest BCUT2D eigenvalue weighted by molar-refractivity contribution is 7.99. The van der Waals surface area contributed by atoms with Crippen LogP contribution in [0.1, 0.15) is 11.1 Å². The molecule has 2 heterocycles. The standard InChI is InChI=1S/C14H13N5S/c1-8-2-3-10-11(6-8)19-14(18-10)20-12-7-17-5-4-9(12)13(15)16/h2-7H,1H3,(H3,15,16)(H,18,19). The first kappa shape index (κ1) is 12.7. The molecule has 0 fully saturated rings. The first-order valence-corrected chi connectivity index (χ1v) is 6.88. The number of nitrogens with two attached hydrogens (primary N) is 1. The van der Waals surface area contributed by atoms with Crippen molar-refractivity contribution in [2.45, 2.75) is 17.0 Å². The van der Waals surface area contributed by atoms with Gasteiger partial charge >= 0.3 is 0 Å². The van der Waals surface area contributed by atoms with Crippen LogP contribution >= 0.6 is 11.8 Å². The maximum atomic E-state index is 7.58. The zero-order valence-corrected chi connectivity index (χ0v) is 11.7. The van der Waals surface area contributed by atoms with Crippen LogP contribution in [0.25, 0.3) is 11.0 Å². The minimum absolute atomic E-state index is 0.0295. The molecule has 0 aliphatic carbocycles. The number of hydrogen-bond acceptors (Lipinski definition) is 4. The largest absolute Gasteiger partial charge is 0.384 e. The molecule has 0 saturated heterocycles. The Kier molecular flexibility index (Phi) is 3.15.